The second-order valence-electron chi connectivity index (χ2n) is 5.46. The van der Waals surface area contributed by atoms with E-state index in [2.05, 4.69) is 0 Å². The third kappa shape index (κ3) is 4.90. The number of rotatable bonds is 7. The van der Waals surface area contributed by atoms with Crippen LogP contribution in [0.5, 0.6) is 5.75 Å². The van der Waals surface area contributed by atoms with Crippen LogP contribution in [-0.2, 0) is 21.4 Å². The molecule has 0 unspecified atom stereocenters. The number of primary sulfonamides is 1. The van der Waals surface area contributed by atoms with Crippen molar-refractivity contribution in [2.45, 2.75) is 25.3 Å². The topological polar surface area (TPSA) is 113 Å². The number of esters is 1. The first-order valence-corrected chi connectivity index (χ1v) is 9.33. The number of ether oxygens (including phenoxy) is 2. The molecule has 0 aliphatic carbocycles. The van der Waals surface area contributed by atoms with Gasteiger partial charge in [-0.15, -0.1) is 0 Å². The van der Waals surface area contributed by atoms with E-state index in [0.717, 1.165) is 0 Å². The van der Waals surface area contributed by atoms with E-state index in [4.69, 9.17) is 14.6 Å². The molecule has 138 valence electrons. The Morgan fingerprint density at radius 1 is 1.04 bits per heavy atom. The van der Waals surface area contributed by atoms with Crippen LogP contribution in [0.2, 0.25) is 0 Å². The summed E-state index contributed by atoms with van der Waals surface area (Å²) in [6.45, 7) is 3.60. The molecule has 0 spiro atoms. The maximum absolute atomic E-state index is 12.2. The maximum Gasteiger partial charge on any atom is 0.338 e. The Labute approximate surface area is 151 Å². The molecule has 8 heteroatoms. The van der Waals surface area contributed by atoms with E-state index < -0.39 is 16.0 Å². The number of ketones is 1. The summed E-state index contributed by atoms with van der Waals surface area (Å²) in [5.74, 6) is -0.226. The molecule has 0 aliphatic heterocycles. The largest absolute Gasteiger partial charge is 0.493 e. The number of carbonyl (C=O) groups excluding carboxylic acids is 2. The Kier molecular flexibility index (Phi) is 6.12. The quantitative estimate of drug-likeness (QED) is 0.585. The van der Waals surface area contributed by atoms with Crippen LogP contribution in [-0.4, -0.2) is 26.8 Å². The molecule has 0 aromatic heterocycles. The van der Waals surface area contributed by atoms with E-state index in [1.54, 1.807) is 18.2 Å². The van der Waals surface area contributed by atoms with Crippen LogP contribution in [0, 0.1) is 0 Å². The average molecular weight is 377 g/mol. The Hall–Kier alpha value is -2.71. The van der Waals surface area contributed by atoms with E-state index in [0.29, 0.717) is 23.5 Å². The Balaban J connectivity index is 2.15. The minimum Gasteiger partial charge on any atom is -0.493 e. The van der Waals surface area contributed by atoms with Gasteiger partial charge in [0.25, 0.3) is 0 Å². The first-order chi connectivity index (χ1) is 12.2. The van der Waals surface area contributed by atoms with Gasteiger partial charge in [-0.05, 0) is 56.3 Å². The lowest BCUT2D eigenvalue weighted by Gasteiger charge is -2.12. The molecule has 7 nitrogen and oxygen atoms in total. The van der Waals surface area contributed by atoms with Crippen LogP contribution in [0.1, 0.15) is 40.1 Å². The predicted molar refractivity (Wildman–Crippen MR) is 94.6 cm³/mol. The van der Waals surface area contributed by atoms with E-state index in [1.807, 2.05) is 6.92 Å². The second kappa shape index (κ2) is 8.11. The van der Waals surface area contributed by atoms with E-state index in [1.165, 1.54) is 31.2 Å². The number of nitrogens with two attached hydrogens (primary N) is 1. The van der Waals surface area contributed by atoms with Crippen LogP contribution in [0.4, 0.5) is 0 Å². The lowest BCUT2D eigenvalue weighted by Crippen LogP contribution is -2.12. The van der Waals surface area contributed by atoms with Crippen molar-refractivity contribution in [3.05, 3.63) is 59.2 Å². The molecule has 0 radical (unpaired) electrons. The molecule has 0 heterocycles. The number of hydrogen-bond acceptors (Lipinski definition) is 6. The third-order valence-corrected chi connectivity index (χ3v) is 4.47. The standard InChI is InChI=1S/C18H19NO6S/c1-3-24-17-9-6-14(12(2)20)10-15(17)11-25-18(21)13-4-7-16(8-5-13)26(19,22)23/h4-10H,3,11H2,1-2H3,(H2,19,22,23). The summed E-state index contributed by atoms with van der Waals surface area (Å²) >= 11 is 0. The van der Waals surface area contributed by atoms with Gasteiger partial charge in [0, 0.05) is 11.1 Å². The van der Waals surface area contributed by atoms with Crippen molar-refractivity contribution >= 4 is 21.8 Å². The lowest BCUT2D eigenvalue weighted by atomic mass is 10.1. The van der Waals surface area contributed by atoms with Crippen molar-refractivity contribution in [1.82, 2.24) is 0 Å². The summed E-state index contributed by atoms with van der Waals surface area (Å²) in [5.41, 5.74) is 1.23. The second-order valence-corrected chi connectivity index (χ2v) is 7.02. The molecule has 0 fully saturated rings. The molecule has 0 saturated carbocycles. The van der Waals surface area contributed by atoms with Crippen molar-refractivity contribution in [2.24, 2.45) is 5.14 Å². The zero-order valence-corrected chi connectivity index (χ0v) is 15.2. The zero-order chi connectivity index (χ0) is 19.3. The van der Waals surface area contributed by atoms with Crippen LogP contribution < -0.4 is 9.88 Å². The highest BCUT2D eigenvalue weighted by Crippen LogP contribution is 2.22. The molecule has 2 rings (SSSR count). The van der Waals surface area contributed by atoms with Crippen LogP contribution in [0.25, 0.3) is 0 Å². The normalized spacial score (nSPS) is 11.0. The number of hydrogen-bond donors (Lipinski definition) is 1. The van der Waals surface area contributed by atoms with Crippen molar-refractivity contribution in [1.29, 1.82) is 0 Å². The van der Waals surface area contributed by atoms with Crippen LogP contribution in [0.3, 0.4) is 0 Å². The summed E-state index contributed by atoms with van der Waals surface area (Å²) in [6, 6.07) is 10.0. The van der Waals surface area contributed by atoms with Gasteiger partial charge in [0.1, 0.15) is 12.4 Å². The fourth-order valence-electron chi connectivity index (χ4n) is 2.21. The molecule has 0 aliphatic rings. The molecule has 0 bridgehead atoms. The van der Waals surface area contributed by atoms with Crippen LogP contribution in [0.15, 0.2) is 47.4 Å². The highest BCUT2D eigenvalue weighted by atomic mass is 32.2. The Morgan fingerprint density at radius 3 is 2.19 bits per heavy atom. The van der Waals surface area contributed by atoms with Gasteiger partial charge < -0.3 is 9.47 Å². The van der Waals surface area contributed by atoms with Gasteiger partial charge in [-0.25, -0.2) is 18.4 Å². The van der Waals surface area contributed by atoms with Crippen molar-refractivity contribution in [3.8, 4) is 5.75 Å². The van der Waals surface area contributed by atoms with Crippen molar-refractivity contribution in [3.63, 3.8) is 0 Å². The SMILES string of the molecule is CCOc1ccc(C(C)=O)cc1COC(=O)c1ccc(S(N)(=O)=O)cc1. The fourth-order valence-corrected chi connectivity index (χ4v) is 2.73. The van der Waals surface area contributed by atoms with Crippen LogP contribution >= 0.6 is 0 Å². The number of sulfonamides is 1. The van der Waals surface area contributed by atoms with Gasteiger partial charge in [0.05, 0.1) is 17.1 Å². The van der Waals surface area contributed by atoms with Gasteiger partial charge >= 0.3 is 5.97 Å². The smallest absolute Gasteiger partial charge is 0.338 e. The summed E-state index contributed by atoms with van der Waals surface area (Å²) in [7, 11) is -3.83. The van der Waals surface area contributed by atoms with Gasteiger partial charge in [0.15, 0.2) is 5.78 Å². The van der Waals surface area contributed by atoms with E-state index in [9.17, 15) is 18.0 Å². The predicted octanol–water partition coefficient (Wildman–Crippen LogP) is 2.29. The molecule has 0 atom stereocenters. The van der Waals surface area contributed by atoms with E-state index in [-0.39, 0.29) is 22.8 Å². The molecule has 2 aromatic rings. The summed E-state index contributed by atoms with van der Waals surface area (Å²) in [6.07, 6.45) is 0. The average Bonchev–Trinajstić information content (AvgIpc) is 2.60. The maximum atomic E-state index is 12.2. The Morgan fingerprint density at radius 2 is 1.65 bits per heavy atom. The van der Waals surface area contributed by atoms with Crippen molar-refractivity contribution in [2.75, 3.05) is 6.61 Å². The van der Waals surface area contributed by atoms with Crippen molar-refractivity contribution < 1.29 is 27.5 Å². The van der Waals surface area contributed by atoms with Gasteiger partial charge in [-0.1, -0.05) is 0 Å². The zero-order valence-electron chi connectivity index (χ0n) is 14.4. The summed E-state index contributed by atoms with van der Waals surface area (Å²) in [5, 5.41) is 5.02. The number of Topliss-reactive ketones (excluding diaryl/α,β-unsaturated/α-hetero) is 1. The minimum atomic E-state index is -3.83. The first-order valence-electron chi connectivity index (χ1n) is 7.79. The Bertz CT molecular complexity index is 919. The highest BCUT2D eigenvalue weighted by Gasteiger charge is 2.14. The molecular weight excluding hydrogens is 358 g/mol. The lowest BCUT2D eigenvalue weighted by molar-refractivity contribution is 0.0469. The molecule has 26 heavy (non-hydrogen) atoms. The van der Waals surface area contributed by atoms with Gasteiger partial charge in [-0.3, -0.25) is 4.79 Å². The fraction of sp³-hybridized carbons (Fsp3) is 0.222. The first kappa shape index (κ1) is 19.6. The monoisotopic (exact) mass is 377 g/mol. The summed E-state index contributed by atoms with van der Waals surface area (Å²) < 4.78 is 33.2. The van der Waals surface area contributed by atoms with Gasteiger partial charge in [-0.2, -0.15) is 0 Å². The van der Waals surface area contributed by atoms with Gasteiger partial charge in [0.2, 0.25) is 10.0 Å². The number of benzene rings is 2. The molecule has 2 N–H and O–H groups in total. The number of carbonyl (C=O) groups is 2. The minimum absolute atomic E-state index is 0.0910. The summed E-state index contributed by atoms with van der Waals surface area (Å²) in [4.78, 5) is 23.6. The third-order valence-electron chi connectivity index (χ3n) is 3.54. The molecule has 2 aromatic carbocycles. The van der Waals surface area contributed by atoms with E-state index >= 15 is 0 Å². The molecule has 0 amide bonds. The molecular formula is C18H19NO6S. The molecule has 0 saturated heterocycles. The highest BCUT2D eigenvalue weighted by molar-refractivity contribution is 7.89.